The average Bonchev–Trinajstić information content (AvgIpc) is 2.69. The van der Waals surface area contributed by atoms with E-state index in [0.29, 0.717) is 28.2 Å². The Balaban J connectivity index is 1.94. The van der Waals surface area contributed by atoms with Crippen LogP contribution in [0.2, 0.25) is 0 Å². The zero-order valence-electron chi connectivity index (χ0n) is 15.4. The molecule has 0 aliphatic carbocycles. The lowest BCUT2D eigenvalue weighted by atomic mass is 10.2. The molecule has 0 aliphatic heterocycles. The molecule has 0 spiro atoms. The summed E-state index contributed by atoms with van der Waals surface area (Å²) in [6.07, 6.45) is 1.53. The Kier molecular flexibility index (Phi) is 5.39. The van der Waals surface area contributed by atoms with Gasteiger partial charge in [0.15, 0.2) is 23.1 Å². The summed E-state index contributed by atoms with van der Waals surface area (Å²) >= 11 is 0. The standard InChI is InChI=1S/C20H17FN2O5/c1-11(24)20(25)23-12-4-5-17(14(21)8-12)28-16-6-7-22-15-10-19(27-3)18(26-2)9-13(15)16/h4-10H,1-3H3,(H,23,25). The Morgan fingerprint density at radius 1 is 0.964 bits per heavy atom. The number of rotatable bonds is 6. The Hall–Kier alpha value is -3.68. The Labute approximate surface area is 160 Å². The van der Waals surface area contributed by atoms with E-state index in [4.69, 9.17) is 14.2 Å². The van der Waals surface area contributed by atoms with E-state index in [0.717, 1.165) is 13.0 Å². The third-order valence-corrected chi connectivity index (χ3v) is 3.94. The fourth-order valence-corrected chi connectivity index (χ4v) is 2.54. The first-order valence-electron chi connectivity index (χ1n) is 8.23. The molecule has 7 nitrogen and oxygen atoms in total. The second-order valence-electron chi connectivity index (χ2n) is 5.79. The number of ether oxygens (including phenoxy) is 3. The summed E-state index contributed by atoms with van der Waals surface area (Å²) in [6.45, 7) is 1.13. The molecule has 1 aromatic heterocycles. The van der Waals surface area contributed by atoms with Crippen molar-refractivity contribution in [2.75, 3.05) is 19.5 Å². The van der Waals surface area contributed by atoms with Crippen molar-refractivity contribution in [2.24, 2.45) is 0 Å². The first-order valence-corrected chi connectivity index (χ1v) is 8.23. The van der Waals surface area contributed by atoms with Crippen LogP contribution in [0.1, 0.15) is 6.92 Å². The van der Waals surface area contributed by atoms with Crippen LogP contribution in [0.25, 0.3) is 10.9 Å². The smallest absolute Gasteiger partial charge is 0.291 e. The Bertz CT molecular complexity index is 1070. The molecule has 28 heavy (non-hydrogen) atoms. The number of nitrogens with zero attached hydrogens (tertiary/aromatic N) is 1. The van der Waals surface area contributed by atoms with Crippen molar-refractivity contribution < 1.29 is 28.2 Å². The number of nitrogens with one attached hydrogen (secondary N) is 1. The maximum atomic E-state index is 14.4. The molecule has 1 heterocycles. The third kappa shape index (κ3) is 3.85. The molecule has 144 valence electrons. The number of carbonyl (C=O) groups is 2. The number of Topliss-reactive ketones (excluding diaryl/α,β-unsaturated/α-hetero) is 1. The summed E-state index contributed by atoms with van der Waals surface area (Å²) in [7, 11) is 3.03. The molecule has 1 N–H and O–H groups in total. The van der Waals surface area contributed by atoms with Gasteiger partial charge in [-0.25, -0.2) is 4.39 Å². The van der Waals surface area contributed by atoms with Crippen molar-refractivity contribution in [3.63, 3.8) is 0 Å². The number of ketones is 1. The number of amides is 1. The fourth-order valence-electron chi connectivity index (χ4n) is 2.54. The van der Waals surface area contributed by atoms with Crippen molar-refractivity contribution >= 4 is 28.3 Å². The number of halogens is 1. The summed E-state index contributed by atoms with van der Waals surface area (Å²) in [4.78, 5) is 26.7. The highest BCUT2D eigenvalue weighted by Gasteiger charge is 2.14. The second kappa shape index (κ2) is 7.91. The highest BCUT2D eigenvalue weighted by molar-refractivity contribution is 6.39. The normalized spacial score (nSPS) is 10.4. The van der Waals surface area contributed by atoms with Gasteiger partial charge in [-0.15, -0.1) is 0 Å². The predicted octanol–water partition coefficient (Wildman–Crippen LogP) is 3.71. The van der Waals surface area contributed by atoms with Gasteiger partial charge in [-0.05, 0) is 24.3 Å². The molecule has 0 radical (unpaired) electrons. The van der Waals surface area contributed by atoms with Crippen LogP contribution < -0.4 is 19.5 Å². The van der Waals surface area contributed by atoms with E-state index >= 15 is 0 Å². The molecular formula is C20H17FN2O5. The van der Waals surface area contributed by atoms with Crippen LogP contribution in [0.3, 0.4) is 0 Å². The average molecular weight is 384 g/mol. The van der Waals surface area contributed by atoms with Gasteiger partial charge in [0, 0.05) is 36.3 Å². The Morgan fingerprint density at radius 3 is 2.32 bits per heavy atom. The van der Waals surface area contributed by atoms with E-state index in [9.17, 15) is 14.0 Å². The van der Waals surface area contributed by atoms with Crippen molar-refractivity contribution in [3.05, 3.63) is 48.4 Å². The Morgan fingerprint density at radius 2 is 1.68 bits per heavy atom. The van der Waals surface area contributed by atoms with Crippen LogP contribution in [-0.2, 0) is 9.59 Å². The molecule has 8 heteroatoms. The largest absolute Gasteiger partial charge is 0.493 e. The molecular weight excluding hydrogens is 367 g/mol. The molecule has 0 bridgehead atoms. The number of anilines is 1. The summed E-state index contributed by atoms with van der Waals surface area (Å²) < 4.78 is 30.7. The van der Waals surface area contributed by atoms with Gasteiger partial charge in [-0.3, -0.25) is 14.6 Å². The van der Waals surface area contributed by atoms with Crippen molar-refractivity contribution in [1.82, 2.24) is 4.98 Å². The summed E-state index contributed by atoms with van der Waals surface area (Å²) in [5.41, 5.74) is 0.733. The van der Waals surface area contributed by atoms with Gasteiger partial charge < -0.3 is 19.5 Å². The van der Waals surface area contributed by atoms with E-state index < -0.39 is 17.5 Å². The lowest BCUT2D eigenvalue weighted by molar-refractivity contribution is -0.133. The molecule has 0 atom stereocenters. The van der Waals surface area contributed by atoms with E-state index in [2.05, 4.69) is 10.3 Å². The lowest BCUT2D eigenvalue weighted by Crippen LogP contribution is -2.19. The zero-order chi connectivity index (χ0) is 20.3. The van der Waals surface area contributed by atoms with Gasteiger partial charge in [-0.2, -0.15) is 0 Å². The highest BCUT2D eigenvalue weighted by Crippen LogP contribution is 2.37. The first kappa shape index (κ1) is 19.1. The van der Waals surface area contributed by atoms with Crippen LogP contribution in [0, 0.1) is 5.82 Å². The monoisotopic (exact) mass is 384 g/mol. The first-order chi connectivity index (χ1) is 13.4. The van der Waals surface area contributed by atoms with Crippen molar-refractivity contribution in [2.45, 2.75) is 6.92 Å². The number of fused-ring (bicyclic) bond motifs is 1. The fraction of sp³-hybridized carbons (Fsp3) is 0.150. The molecule has 1 amide bonds. The molecule has 3 aromatic rings. The van der Waals surface area contributed by atoms with Crippen LogP contribution in [0.15, 0.2) is 42.6 Å². The van der Waals surface area contributed by atoms with Gasteiger partial charge in [0.1, 0.15) is 5.75 Å². The molecule has 0 unspecified atom stereocenters. The van der Waals surface area contributed by atoms with Crippen LogP contribution in [0.4, 0.5) is 10.1 Å². The molecule has 0 saturated heterocycles. The van der Waals surface area contributed by atoms with Crippen LogP contribution >= 0.6 is 0 Å². The van der Waals surface area contributed by atoms with Gasteiger partial charge in [0.25, 0.3) is 5.91 Å². The predicted molar refractivity (Wildman–Crippen MR) is 101 cm³/mol. The topological polar surface area (TPSA) is 86.8 Å². The van der Waals surface area contributed by atoms with E-state index in [1.807, 2.05) is 0 Å². The van der Waals surface area contributed by atoms with E-state index in [1.54, 1.807) is 18.2 Å². The number of methoxy groups -OCH3 is 2. The molecule has 0 fully saturated rings. The van der Waals surface area contributed by atoms with E-state index in [1.165, 1.54) is 32.5 Å². The maximum Gasteiger partial charge on any atom is 0.291 e. The van der Waals surface area contributed by atoms with Gasteiger partial charge in [0.2, 0.25) is 5.78 Å². The number of hydrogen-bond donors (Lipinski definition) is 1. The molecule has 3 rings (SSSR count). The highest BCUT2D eigenvalue weighted by atomic mass is 19.1. The third-order valence-electron chi connectivity index (χ3n) is 3.94. The lowest BCUT2D eigenvalue weighted by Gasteiger charge is -2.13. The number of carbonyl (C=O) groups excluding carboxylic acids is 2. The van der Waals surface area contributed by atoms with Crippen LogP contribution in [-0.4, -0.2) is 30.9 Å². The van der Waals surface area contributed by atoms with Gasteiger partial charge in [0.05, 0.1) is 19.7 Å². The number of benzene rings is 2. The zero-order valence-corrected chi connectivity index (χ0v) is 15.4. The second-order valence-corrected chi connectivity index (χ2v) is 5.79. The molecule has 2 aromatic carbocycles. The minimum absolute atomic E-state index is 0.0527. The minimum Gasteiger partial charge on any atom is -0.493 e. The van der Waals surface area contributed by atoms with E-state index in [-0.39, 0.29) is 11.4 Å². The SMILES string of the molecule is COc1cc2nccc(Oc3ccc(NC(=O)C(C)=O)cc3F)c2cc1OC. The van der Waals surface area contributed by atoms with Crippen molar-refractivity contribution in [1.29, 1.82) is 0 Å². The van der Waals surface area contributed by atoms with Gasteiger partial charge >= 0.3 is 0 Å². The maximum absolute atomic E-state index is 14.4. The number of hydrogen-bond acceptors (Lipinski definition) is 6. The minimum atomic E-state index is -0.825. The summed E-state index contributed by atoms with van der Waals surface area (Å²) in [5.74, 6) is -0.894. The van der Waals surface area contributed by atoms with Crippen molar-refractivity contribution in [3.8, 4) is 23.0 Å². The summed E-state index contributed by atoms with van der Waals surface area (Å²) in [6, 6.07) is 8.85. The number of pyridine rings is 1. The number of aromatic nitrogens is 1. The molecule has 0 saturated carbocycles. The quantitative estimate of drug-likeness (QED) is 0.652. The molecule has 0 aliphatic rings. The summed E-state index contributed by atoms with van der Waals surface area (Å²) in [5, 5.41) is 2.91. The van der Waals surface area contributed by atoms with Crippen LogP contribution in [0.5, 0.6) is 23.0 Å². The van der Waals surface area contributed by atoms with Gasteiger partial charge in [-0.1, -0.05) is 0 Å².